The third-order valence-corrected chi connectivity index (χ3v) is 7.28. The van der Waals surface area contributed by atoms with E-state index >= 15 is 0 Å². The summed E-state index contributed by atoms with van der Waals surface area (Å²) < 4.78 is 11.3. The molecule has 4 aromatic rings. The minimum atomic E-state index is -0.366. The molecule has 3 unspecified atom stereocenters. The standard InChI is InChI=1S/C31H30N6O3/c1-19-15-37(16-20(2)40-19)30-5-3-4-27(36-30)28-9-8-22-13-33-25(11-29(22)35-28)14-34-31(38)21-6-7-23-17-39-18-24(12-32)26(23)10-21/h3-11,13,19-20,24H,14-18H2,1-2H3,(H,34,38). The first-order valence-electron chi connectivity index (χ1n) is 13.5. The van der Waals surface area contributed by atoms with Crippen molar-refractivity contribution in [3.8, 4) is 17.5 Å². The van der Waals surface area contributed by atoms with Gasteiger partial charge in [-0.15, -0.1) is 0 Å². The minimum absolute atomic E-state index is 0.149. The zero-order chi connectivity index (χ0) is 27.6. The van der Waals surface area contributed by atoms with Crippen LogP contribution in [0.25, 0.3) is 22.3 Å². The van der Waals surface area contributed by atoms with E-state index in [0.717, 1.165) is 52.3 Å². The van der Waals surface area contributed by atoms with Gasteiger partial charge in [0.1, 0.15) is 5.82 Å². The van der Waals surface area contributed by atoms with Crippen molar-refractivity contribution in [1.29, 1.82) is 5.26 Å². The van der Waals surface area contributed by atoms with E-state index in [1.807, 2.05) is 42.5 Å². The van der Waals surface area contributed by atoms with Crippen LogP contribution < -0.4 is 10.2 Å². The number of nitrogens with zero attached hydrogens (tertiary/aromatic N) is 5. The van der Waals surface area contributed by atoms with Crippen molar-refractivity contribution in [3.63, 3.8) is 0 Å². The van der Waals surface area contributed by atoms with Crippen molar-refractivity contribution in [2.75, 3.05) is 24.6 Å². The number of hydrogen-bond acceptors (Lipinski definition) is 8. The molecular weight excluding hydrogens is 504 g/mol. The number of nitrogens with one attached hydrogen (secondary N) is 1. The fraction of sp³-hybridized carbons (Fsp3) is 0.323. The van der Waals surface area contributed by atoms with E-state index < -0.39 is 0 Å². The van der Waals surface area contributed by atoms with Crippen molar-refractivity contribution < 1.29 is 14.3 Å². The molecule has 3 atom stereocenters. The number of fused-ring (bicyclic) bond motifs is 2. The largest absolute Gasteiger partial charge is 0.375 e. The van der Waals surface area contributed by atoms with E-state index in [2.05, 4.69) is 35.1 Å². The molecule has 1 fully saturated rings. The maximum absolute atomic E-state index is 12.9. The van der Waals surface area contributed by atoms with E-state index in [1.165, 1.54) is 0 Å². The number of nitriles is 1. The number of anilines is 1. The summed E-state index contributed by atoms with van der Waals surface area (Å²) in [5.41, 5.74) is 5.37. The van der Waals surface area contributed by atoms with Crippen LogP contribution in [0.1, 0.15) is 46.9 Å². The van der Waals surface area contributed by atoms with Crippen molar-refractivity contribution in [1.82, 2.24) is 20.3 Å². The highest BCUT2D eigenvalue weighted by molar-refractivity contribution is 5.94. The summed E-state index contributed by atoms with van der Waals surface area (Å²) in [6.07, 6.45) is 2.07. The molecule has 0 bridgehead atoms. The lowest BCUT2D eigenvalue weighted by molar-refractivity contribution is -0.00545. The van der Waals surface area contributed by atoms with E-state index in [9.17, 15) is 10.1 Å². The highest BCUT2D eigenvalue weighted by Crippen LogP contribution is 2.27. The Bertz CT molecular complexity index is 1610. The Morgan fingerprint density at radius 1 is 1.07 bits per heavy atom. The van der Waals surface area contributed by atoms with E-state index in [4.69, 9.17) is 19.4 Å². The molecule has 0 radical (unpaired) electrons. The van der Waals surface area contributed by atoms with Crippen molar-refractivity contribution in [2.24, 2.45) is 0 Å². The molecule has 0 aliphatic carbocycles. The van der Waals surface area contributed by atoms with E-state index in [1.54, 1.807) is 18.3 Å². The molecule has 3 aromatic heterocycles. The molecule has 1 N–H and O–H groups in total. The van der Waals surface area contributed by atoms with Crippen LogP contribution >= 0.6 is 0 Å². The van der Waals surface area contributed by atoms with Crippen molar-refractivity contribution >= 4 is 22.6 Å². The molecule has 9 heteroatoms. The van der Waals surface area contributed by atoms with Crippen LogP contribution in [0.5, 0.6) is 0 Å². The van der Waals surface area contributed by atoms with Gasteiger partial charge in [0.05, 0.1) is 66.6 Å². The van der Waals surface area contributed by atoms with E-state index in [-0.39, 0.29) is 30.6 Å². The van der Waals surface area contributed by atoms with Gasteiger partial charge in [-0.05, 0) is 67.4 Å². The Morgan fingerprint density at radius 3 is 2.73 bits per heavy atom. The predicted molar refractivity (Wildman–Crippen MR) is 151 cm³/mol. The molecule has 1 aromatic carbocycles. The second-order valence-corrected chi connectivity index (χ2v) is 10.4. The molecule has 0 spiro atoms. The van der Waals surface area contributed by atoms with Crippen LogP contribution in [0, 0.1) is 11.3 Å². The number of aromatic nitrogens is 3. The summed E-state index contributed by atoms with van der Waals surface area (Å²) in [5.74, 6) is 0.327. The number of carbonyl (C=O) groups is 1. The van der Waals surface area contributed by atoms with Gasteiger partial charge < -0.3 is 19.7 Å². The number of morpholine rings is 1. The third kappa shape index (κ3) is 5.37. The first kappa shape index (κ1) is 25.9. The van der Waals surface area contributed by atoms with Crippen LogP contribution in [0.15, 0.2) is 60.8 Å². The molecule has 2 aliphatic rings. The first-order valence-corrected chi connectivity index (χ1v) is 13.5. The Kier molecular flexibility index (Phi) is 7.11. The Hall–Kier alpha value is -4.39. The average molecular weight is 535 g/mol. The van der Waals surface area contributed by atoms with Gasteiger partial charge in [-0.2, -0.15) is 5.26 Å². The summed E-state index contributed by atoms with van der Waals surface area (Å²) in [5, 5.41) is 13.3. The van der Waals surface area contributed by atoms with Gasteiger partial charge in [0, 0.05) is 30.2 Å². The molecular formula is C31H30N6O3. The molecule has 202 valence electrons. The highest BCUT2D eigenvalue weighted by atomic mass is 16.5. The summed E-state index contributed by atoms with van der Waals surface area (Å²) in [6, 6.07) is 19.5. The van der Waals surface area contributed by atoms with Crippen LogP contribution in [-0.2, 0) is 22.6 Å². The van der Waals surface area contributed by atoms with E-state index in [0.29, 0.717) is 24.5 Å². The SMILES string of the molecule is CC1CN(c2cccc(-c3ccc4cnc(CNC(=O)c5ccc6c(c5)C(C#N)COC6)cc4n3)n2)CC(C)O1. The lowest BCUT2D eigenvalue weighted by atomic mass is 9.92. The monoisotopic (exact) mass is 534 g/mol. The van der Waals surface area contributed by atoms with Crippen molar-refractivity contribution in [3.05, 3.63) is 83.2 Å². The molecule has 9 nitrogen and oxygen atoms in total. The molecule has 6 rings (SSSR count). The van der Waals surface area contributed by atoms with Crippen LogP contribution in [0.3, 0.4) is 0 Å². The average Bonchev–Trinajstić information content (AvgIpc) is 2.98. The lowest BCUT2D eigenvalue weighted by Crippen LogP contribution is -2.45. The maximum Gasteiger partial charge on any atom is 0.251 e. The zero-order valence-electron chi connectivity index (χ0n) is 22.5. The summed E-state index contributed by atoms with van der Waals surface area (Å²) in [4.78, 5) is 29.5. The second-order valence-electron chi connectivity index (χ2n) is 10.4. The Morgan fingerprint density at radius 2 is 1.90 bits per heavy atom. The quantitative estimate of drug-likeness (QED) is 0.402. The second kappa shape index (κ2) is 11.0. The van der Waals surface area contributed by atoms with Gasteiger partial charge in [-0.3, -0.25) is 9.78 Å². The predicted octanol–water partition coefficient (Wildman–Crippen LogP) is 4.37. The van der Waals surface area contributed by atoms with Gasteiger partial charge >= 0.3 is 0 Å². The van der Waals surface area contributed by atoms with Gasteiger partial charge in [0.25, 0.3) is 5.91 Å². The Labute approximate surface area is 232 Å². The highest BCUT2D eigenvalue weighted by Gasteiger charge is 2.24. The summed E-state index contributed by atoms with van der Waals surface area (Å²) >= 11 is 0. The van der Waals surface area contributed by atoms with Crippen molar-refractivity contribution in [2.45, 2.75) is 45.1 Å². The number of benzene rings is 1. The number of pyridine rings is 3. The minimum Gasteiger partial charge on any atom is -0.375 e. The topological polar surface area (TPSA) is 113 Å². The first-order chi connectivity index (χ1) is 19.5. The number of rotatable bonds is 5. The smallest absolute Gasteiger partial charge is 0.251 e. The summed E-state index contributed by atoms with van der Waals surface area (Å²) in [6.45, 7) is 6.81. The van der Waals surface area contributed by atoms with Crippen LogP contribution in [-0.4, -0.2) is 52.8 Å². The normalized spacial score (nSPS) is 20.5. The lowest BCUT2D eigenvalue weighted by Gasteiger charge is -2.36. The fourth-order valence-corrected chi connectivity index (χ4v) is 5.35. The van der Waals surface area contributed by atoms with Gasteiger partial charge in [0.2, 0.25) is 0 Å². The molecule has 40 heavy (non-hydrogen) atoms. The molecule has 1 saturated heterocycles. The zero-order valence-corrected chi connectivity index (χ0v) is 22.5. The summed E-state index contributed by atoms with van der Waals surface area (Å²) in [7, 11) is 0. The molecule has 2 aliphatic heterocycles. The molecule has 5 heterocycles. The number of carbonyl (C=O) groups excluding carboxylic acids is 1. The molecule has 0 saturated carbocycles. The number of amides is 1. The number of hydrogen-bond donors (Lipinski definition) is 1. The number of ether oxygens (including phenoxy) is 2. The Balaban J connectivity index is 1.18. The van der Waals surface area contributed by atoms with Crippen LogP contribution in [0.2, 0.25) is 0 Å². The van der Waals surface area contributed by atoms with Gasteiger partial charge in [0.15, 0.2) is 0 Å². The maximum atomic E-state index is 12.9. The van der Waals surface area contributed by atoms with Crippen LogP contribution in [0.4, 0.5) is 5.82 Å². The van der Waals surface area contributed by atoms with Gasteiger partial charge in [-0.1, -0.05) is 12.1 Å². The molecule has 1 amide bonds. The fourth-order valence-electron chi connectivity index (χ4n) is 5.35. The third-order valence-electron chi connectivity index (χ3n) is 7.28. The van der Waals surface area contributed by atoms with Gasteiger partial charge in [-0.25, -0.2) is 9.97 Å².